The number of imidazole rings is 1. The summed E-state index contributed by atoms with van der Waals surface area (Å²) in [7, 11) is 2.93. The van der Waals surface area contributed by atoms with E-state index >= 15 is 0 Å². The number of aromatic amines is 1. The molecule has 8 nitrogen and oxygen atoms in total. The summed E-state index contributed by atoms with van der Waals surface area (Å²) in [6.07, 6.45) is 0. The molecule has 4 aromatic rings. The zero-order valence-electron chi connectivity index (χ0n) is 14.8. The van der Waals surface area contributed by atoms with Gasteiger partial charge in [-0.15, -0.1) is 5.10 Å². The lowest BCUT2D eigenvalue weighted by atomic mass is 10.2. The smallest absolute Gasteiger partial charge is 0.361 e. The molecule has 0 fully saturated rings. The van der Waals surface area contributed by atoms with Crippen molar-refractivity contribution in [2.45, 2.75) is 6.54 Å². The van der Waals surface area contributed by atoms with Crippen LogP contribution in [0.3, 0.4) is 0 Å². The predicted molar refractivity (Wildman–Crippen MR) is 98.5 cm³/mol. The maximum absolute atomic E-state index is 12.2. The van der Waals surface area contributed by atoms with Crippen LogP contribution in [0.25, 0.3) is 22.6 Å². The lowest BCUT2D eigenvalue weighted by Crippen LogP contribution is -2.08. The maximum atomic E-state index is 12.2. The van der Waals surface area contributed by atoms with Gasteiger partial charge in [-0.25, -0.2) is 14.5 Å². The second-order valence-electron chi connectivity index (χ2n) is 5.89. The highest BCUT2D eigenvalue weighted by Gasteiger charge is 2.24. The average Bonchev–Trinajstić information content (AvgIpc) is 3.31. The molecular weight excluding hydrogens is 346 g/mol. The molecule has 2 aromatic heterocycles. The van der Waals surface area contributed by atoms with Gasteiger partial charge >= 0.3 is 5.97 Å². The van der Waals surface area contributed by atoms with Crippen LogP contribution in [-0.2, 0) is 11.3 Å². The first-order chi connectivity index (χ1) is 13.2. The van der Waals surface area contributed by atoms with Gasteiger partial charge in [0.05, 0.1) is 31.8 Å². The standard InChI is InChI=1S/C19H17N5O3/c1-26-13-9-7-12(8-10-13)11-24-17(16(22-23-24)19(25)27-2)18-20-14-5-3-4-6-15(14)21-18/h3-10H,11H2,1-2H3,(H,20,21). The number of carbonyl (C=O) groups excluding carboxylic acids is 1. The van der Waals surface area contributed by atoms with Crippen LogP contribution >= 0.6 is 0 Å². The van der Waals surface area contributed by atoms with Crippen molar-refractivity contribution in [3.63, 3.8) is 0 Å². The number of ether oxygens (including phenoxy) is 2. The van der Waals surface area contributed by atoms with Gasteiger partial charge < -0.3 is 14.5 Å². The third-order valence-electron chi connectivity index (χ3n) is 4.22. The Hall–Kier alpha value is -3.68. The van der Waals surface area contributed by atoms with Gasteiger partial charge in [-0.1, -0.05) is 29.5 Å². The molecule has 0 bridgehead atoms. The minimum Gasteiger partial charge on any atom is -0.497 e. The molecule has 0 saturated heterocycles. The first-order valence-corrected chi connectivity index (χ1v) is 8.29. The Morgan fingerprint density at radius 1 is 1.11 bits per heavy atom. The Morgan fingerprint density at radius 2 is 1.89 bits per heavy atom. The van der Waals surface area contributed by atoms with Crippen molar-refractivity contribution in [3.05, 3.63) is 59.8 Å². The Labute approximate surface area is 154 Å². The van der Waals surface area contributed by atoms with Gasteiger partial charge in [-0.3, -0.25) is 0 Å². The fourth-order valence-corrected chi connectivity index (χ4v) is 2.86. The molecule has 4 rings (SSSR count). The van der Waals surface area contributed by atoms with E-state index in [1.807, 2.05) is 48.5 Å². The van der Waals surface area contributed by atoms with Crippen molar-refractivity contribution in [2.24, 2.45) is 0 Å². The van der Waals surface area contributed by atoms with Gasteiger partial charge in [0.2, 0.25) is 5.69 Å². The zero-order valence-corrected chi connectivity index (χ0v) is 14.8. The van der Waals surface area contributed by atoms with Crippen molar-refractivity contribution < 1.29 is 14.3 Å². The fourth-order valence-electron chi connectivity index (χ4n) is 2.86. The molecule has 0 aliphatic heterocycles. The van der Waals surface area contributed by atoms with Crippen LogP contribution in [-0.4, -0.2) is 45.2 Å². The Bertz CT molecular complexity index is 1070. The van der Waals surface area contributed by atoms with Crippen LogP contribution < -0.4 is 4.74 Å². The minimum atomic E-state index is -0.563. The number of esters is 1. The summed E-state index contributed by atoms with van der Waals surface area (Å²) in [5, 5.41) is 8.16. The molecule has 0 aliphatic rings. The molecule has 27 heavy (non-hydrogen) atoms. The highest BCUT2D eigenvalue weighted by molar-refractivity contribution is 5.94. The van der Waals surface area contributed by atoms with Gasteiger partial charge in [0, 0.05) is 0 Å². The molecule has 0 unspecified atom stereocenters. The molecule has 0 spiro atoms. The summed E-state index contributed by atoms with van der Waals surface area (Å²) >= 11 is 0. The number of aromatic nitrogens is 5. The molecule has 1 N–H and O–H groups in total. The molecular formula is C19H17N5O3. The monoisotopic (exact) mass is 363 g/mol. The third-order valence-corrected chi connectivity index (χ3v) is 4.22. The summed E-state index contributed by atoms with van der Waals surface area (Å²) in [5.41, 5.74) is 3.23. The van der Waals surface area contributed by atoms with Crippen LogP contribution in [0.1, 0.15) is 16.1 Å². The average molecular weight is 363 g/mol. The van der Waals surface area contributed by atoms with Crippen LogP contribution in [0.2, 0.25) is 0 Å². The van der Waals surface area contributed by atoms with Gasteiger partial charge in [-0.2, -0.15) is 0 Å². The summed E-state index contributed by atoms with van der Waals surface area (Å²) in [6, 6.07) is 15.2. The molecule has 0 amide bonds. The second kappa shape index (κ2) is 6.91. The SMILES string of the molecule is COC(=O)c1nnn(Cc2ccc(OC)cc2)c1-c1nc2ccccc2[nH]1. The molecule has 0 aliphatic carbocycles. The Balaban J connectivity index is 1.79. The van der Waals surface area contributed by atoms with E-state index in [2.05, 4.69) is 20.3 Å². The van der Waals surface area contributed by atoms with Crippen LogP contribution in [0.5, 0.6) is 5.75 Å². The van der Waals surface area contributed by atoms with Crippen molar-refractivity contribution >= 4 is 17.0 Å². The topological polar surface area (TPSA) is 94.9 Å². The van der Waals surface area contributed by atoms with Gasteiger partial charge in [0.15, 0.2) is 5.82 Å². The zero-order chi connectivity index (χ0) is 18.8. The molecule has 2 heterocycles. The number of benzene rings is 2. The lowest BCUT2D eigenvalue weighted by molar-refractivity contribution is 0.0594. The van der Waals surface area contributed by atoms with Crippen LogP contribution in [0.4, 0.5) is 0 Å². The molecule has 8 heteroatoms. The molecule has 0 atom stereocenters. The van der Waals surface area contributed by atoms with Gasteiger partial charge in [0.1, 0.15) is 11.4 Å². The minimum absolute atomic E-state index is 0.116. The van der Waals surface area contributed by atoms with Crippen molar-refractivity contribution in [3.8, 4) is 17.3 Å². The van der Waals surface area contributed by atoms with E-state index in [0.29, 0.717) is 18.1 Å². The second-order valence-corrected chi connectivity index (χ2v) is 5.89. The fraction of sp³-hybridized carbons (Fsp3) is 0.158. The number of rotatable bonds is 5. The molecule has 0 saturated carbocycles. The normalized spacial score (nSPS) is 10.9. The van der Waals surface area contributed by atoms with Crippen LogP contribution in [0.15, 0.2) is 48.5 Å². The Kier molecular flexibility index (Phi) is 4.29. The van der Waals surface area contributed by atoms with E-state index in [-0.39, 0.29) is 5.69 Å². The predicted octanol–water partition coefficient (Wildman–Crippen LogP) is 2.66. The van der Waals surface area contributed by atoms with Gasteiger partial charge in [0.25, 0.3) is 0 Å². The summed E-state index contributed by atoms with van der Waals surface area (Å²) in [6.45, 7) is 0.417. The Morgan fingerprint density at radius 3 is 2.59 bits per heavy atom. The van der Waals surface area contributed by atoms with Crippen molar-refractivity contribution in [1.82, 2.24) is 25.0 Å². The molecule has 2 aromatic carbocycles. The number of nitrogens with one attached hydrogen (secondary N) is 1. The number of nitrogens with zero attached hydrogens (tertiary/aromatic N) is 4. The maximum Gasteiger partial charge on any atom is 0.361 e. The van der Waals surface area contributed by atoms with E-state index in [0.717, 1.165) is 22.3 Å². The van der Waals surface area contributed by atoms with Crippen LogP contribution in [0, 0.1) is 0 Å². The number of para-hydroxylation sites is 2. The van der Waals surface area contributed by atoms with Crippen molar-refractivity contribution in [2.75, 3.05) is 14.2 Å². The number of methoxy groups -OCH3 is 2. The lowest BCUT2D eigenvalue weighted by Gasteiger charge is -2.07. The molecule has 136 valence electrons. The summed E-state index contributed by atoms with van der Waals surface area (Å²) in [5.74, 6) is 0.714. The highest BCUT2D eigenvalue weighted by Crippen LogP contribution is 2.24. The summed E-state index contributed by atoms with van der Waals surface area (Å²) in [4.78, 5) is 20.0. The molecule has 0 radical (unpaired) electrons. The van der Waals surface area contributed by atoms with E-state index < -0.39 is 5.97 Å². The summed E-state index contributed by atoms with van der Waals surface area (Å²) < 4.78 is 11.7. The van der Waals surface area contributed by atoms with E-state index in [1.54, 1.807) is 11.8 Å². The highest BCUT2D eigenvalue weighted by atomic mass is 16.5. The van der Waals surface area contributed by atoms with E-state index in [1.165, 1.54) is 7.11 Å². The number of fused-ring (bicyclic) bond motifs is 1. The largest absolute Gasteiger partial charge is 0.497 e. The quantitative estimate of drug-likeness (QED) is 0.548. The van der Waals surface area contributed by atoms with Crippen molar-refractivity contribution in [1.29, 1.82) is 0 Å². The first kappa shape index (κ1) is 16.8. The van der Waals surface area contributed by atoms with Gasteiger partial charge in [-0.05, 0) is 29.8 Å². The number of hydrogen-bond acceptors (Lipinski definition) is 6. The number of hydrogen-bond donors (Lipinski definition) is 1. The van der Waals surface area contributed by atoms with E-state index in [9.17, 15) is 4.79 Å². The number of carbonyl (C=O) groups is 1. The van der Waals surface area contributed by atoms with E-state index in [4.69, 9.17) is 9.47 Å². The number of H-pyrrole nitrogens is 1. The third kappa shape index (κ3) is 3.12. The first-order valence-electron chi connectivity index (χ1n) is 8.29.